The van der Waals surface area contributed by atoms with Gasteiger partial charge >= 0.3 is 5.97 Å². The molecule has 0 radical (unpaired) electrons. The number of methoxy groups -OCH3 is 1. The number of aliphatic hydroxyl groups excluding tert-OH is 1. The van der Waals surface area contributed by atoms with Gasteiger partial charge in [-0.1, -0.05) is 12.8 Å². The van der Waals surface area contributed by atoms with Gasteiger partial charge in [0.15, 0.2) is 0 Å². The van der Waals surface area contributed by atoms with Crippen LogP contribution in [0.25, 0.3) is 0 Å². The number of aromatic amines is 1. The number of rotatable bonds is 9. The lowest BCUT2D eigenvalue weighted by atomic mass is 10.2. The van der Waals surface area contributed by atoms with Gasteiger partial charge in [0.1, 0.15) is 5.69 Å². The summed E-state index contributed by atoms with van der Waals surface area (Å²) < 4.78 is 4.62. The molecule has 0 aliphatic carbocycles. The molecule has 0 aliphatic rings. The number of aromatic nitrogens is 1. The molecule has 1 aromatic heterocycles. The number of carbonyl (C=O) groups excluding carboxylic acids is 1. The molecule has 0 bridgehead atoms. The van der Waals surface area contributed by atoms with Crippen molar-refractivity contribution in [1.82, 2.24) is 10.3 Å². The highest BCUT2D eigenvalue weighted by atomic mass is 16.5. The zero-order valence-electron chi connectivity index (χ0n) is 10.9. The molecule has 0 fully saturated rings. The van der Waals surface area contributed by atoms with Gasteiger partial charge in [-0.25, -0.2) is 4.79 Å². The Kier molecular flexibility index (Phi) is 7.13. The third-order valence-electron chi connectivity index (χ3n) is 2.73. The third-order valence-corrected chi connectivity index (χ3v) is 2.73. The lowest BCUT2D eigenvalue weighted by molar-refractivity contribution is 0.0594. The Morgan fingerprint density at radius 1 is 1.33 bits per heavy atom. The van der Waals surface area contributed by atoms with Crippen LogP contribution < -0.4 is 5.32 Å². The number of hydrogen-bond donors (Lipinski definition) is 3. The summed E-state index contributed by atoms with van der Waals surface area (Å²) in [4.78, 5) is 14.2. The van der Waals surface area contributed by atoms with Crippen molar-refractivity contribution in [1.29, 1.82) is 0 Å². The summed E-state index contributed by atoms with van der Waals surface area (Å²) in [5, 5.41) is 11.9. The number of aliphatic hydroxyl groups is 1. The molecule has 1 aromatic rings. The van der Waals surface area contributed by atoms with Gasteiger partial charge in [-0.3, -0.25) is 0 Å². The van der Waals surface area contributed by atoms with E-state index in [0.717, 1.165) is 44.5 Å². The van der Waals surface area contributed by atoms with Gasteiger partial charge in [-0.2, -0.15) is 0 Å². The van der Waals surface area contributed by atoms with E-state index in [4.69, 9.17) is 5.11 Å². The molecule has 18 heavy (non-hydrogen) atoms. The second-order valence-electron chi connectivity index (χ2n) is 4.20. The van der Waals surface area contributed by atoms with E-state index in [1.165, 1.54) is 7.11 Å². The van der Waals surface area contributed by atoms with Gasteiger partial charge < -0.3 is 20.1 Å². The SMILES string of the molecule is COC(=O)c1ccc(CNCCCCCCO)[nH]1. The molecular formula is C13H22N2O3. The van der Waals surface area contributed by atoms with Crippen LogP contribution in [0, 0.1) is 0 Å². The lowest BCUT2D eigenvalue weighted by Gasteiger charge is -2.03. The number of hydrogen-bond acceptors (Lipinski definition) is 4. The van der Waals surface area contributed by atoms with E-state index in [1.54, 1.807) is 6.07 Å². The summed E-state index contributed by atoms with van der Waals surface area (Å²) >= 11 is 0. The summed E-state index contributed by atoms with van der Waals surface area (Å²) in [5.41, 5.74) is 1.46. The zero-order chi connectivity index (χ0) is 13.2. The zero-order valence-corrected chi connectivity index (χ0v) is 10.9. The van der Waals surface area contributed by atoms with Crippen LogP contribution in [0.4, 0.5) is 0 Å². The monoisotopic (exact) mass is 254 g/mol. The van der Waals surface area contributed by atoms with Crippen molar-refractivity contribution in [2.24, 2.45) is 0 Å². The Morgan fingerprint density at radius 2 is 2.11 bits per heavy atom. The van der Waals surface area contributed by atoms with Crippen LogP contribution in [0.2, 0.25) is 0 Å². The molecule has 0 aliphatic heterocycles. The fraction of sp³-hybridized carbons (Fsp3) is 0.615. The van der Waals surface area contributed by atoms with E-state index in [9.17, 15) is 4.79 Å². The van der Waals surface area contributed by atoms with Crippen molar-refractivity contribution >= 4 is 5.97 Å². The molecule has 0 unspecified atom stereocenters. The minimum atomic E-state index is -0.342. The molecule has 0 aromatic carbocycles. The van der Waals surface area contributed by atoms with Crippen molar-refractivity contribution < 1.29 is 14.6 Å². The summed E-state index contributed by atoms with van der Waals surface area (Å²) in [7, 11) is 1.37. The van der Waals surface area contributed by atoms with Gasteiger partial charge in [-0.15, -0.1) is 0 Å². The Hall–Kier alpha value is -1.33. The van der Waals surface area contributed by atoms with Gasteiger partial charge in [0.25, 0.3) is 0 Å². The van der Waals surface area contributed by atoms with E-state index >= 15 is 0 Å². The van der Waals surface area contributed by atoms with Crippen molar-refractivity contribution in [3.05, 3.63) is 23.5 Å². The Balaban J connectivity index is 2.12. The van der Waals surface area contributed by atoms with Crippen molar-refractivity contribution in [2.45, 2.75) is 32.2 Å². The number of esters is 1. The van der Waals surface area contributed by atoms with Crippen molar-refractivity contribution in [2.75, 3.05) is 20.3 Å². The second kappa shape index (κ2) is 8.72. The van der Waals surface area contributed by atoms with Gasteiger partial charge in [-0.05, 0) is 31.5 Å². The fourth-order valence-electron chi connectivity index (χ4n) is 1.71. The standard InChI is InChI=1S/C13H22N2O3/c1-18-13(17)12-7-6-11(15-12)10-14-8-4-2-3-5-9-16/h6-7,14-16H,2-5,8-10H2,1H3. The lowest BCUT2D eigenvalue weighted by Crippen LogP contribution is -2.15. The maximum absolute atomic E-state index is 11.2. The normalized spacial score (nSPS) is 10.6. The number of ether oxygens (including phenoxy) is 1. The Labute approximate surface area is 108 Å². The van der Waals surface area contributed by atoms with Crippen LogP contribution >= 0.6 is 0 Å². The summed E-state index contributed by atoms with van der Waals surface area (Å²) in [5.74, 6) is -0.342. The topological polar surface area (TPSA) is 74.3 Å². The molecule has 0 saturated heterocycles. The number of nitrogens with one attached hydrogen (secondary N) is 2. The summed E-state index contributed by atoms with van der Waals surface area (Å²) in [6, 6.07) is 3.61. The molecule has 102 valence electrons. The molecule has 0 amide bonds. The van der Waals surface area contributed by atoms with Crippen molar-refractivity contribution in [3.8, 4) is 0 Å². The average Bonchev–Trinajstić information content (AvgIpc) is 2.85. The van der Waals surface area contributed by atoms with E-state index in [0.29, 0.717) is 5.69 Å². The number of H-pyrrole nitrogens is 1. The van der Waals surface area contributed by atoms with Gasteiger partial charge in [0.05, 0.1) is 7.11 Å². The Morgan fingerprint density at radius 3 is 2.83 bits per heavy atom. The largest absolute Gasteiger partial charge is 0.464 e. The summed E-state index contributed by atoms with van der Waals surface area (Å²) in [6.07, 6.45) is 4.20. The van der Waals surface area contributed by atoms with Crippen molar-refractivity contribution in [3.63, 3.8) is 0 Å². The van der Waals surface area contributed by atoms with E-state index in [-0.39, 0.29) is 12.6 Å². The van der Waals surface area contributed by atoms with Crippen LogP contribution in [0.3, 0.4) is 0 Å². The van der Waals surface area contributed by atoms with E-state index in [1.807, 2.05) is 6.07 Å². The van der Waals surface area contributed by atoms with Crippen LogP contribution in [0.1, 0.15) is 41.9 Å². The molecule has 1 rings (SSSR count). The van der Waals surface area contributed by atoms with Crippen LogP contribution in [0.5, 0.6) is 0 Å². The van der Waals surface area contributed by atoms with E-state index < -0.39 is 0 Å². The maximum Gasteiger partial charge on any atom is 0.354 e. The molecule has 0 spiro atoms. The smallest absolute Gasteiger partial charge is 0.354 e. The quantitative estimate of drug-likeness (QED) is 0.460. The predicted molar refractivity (Wildman–Crippen MR) is 69.4 cm³/mol. The Bertz CT molecular complexity index is 350. The molecular weight excluding hydrogens is 232 g/mol. The van der Waals surface area contributed by atoms with Crippen LogP contribution in [-0.2, 0) is 11.3 Å². The van der Waals surface area contributed by atoms with E-state index in [2.05, 4.69) is 15.0 Å². The molecule has 0 atom stereocenters. The number of unbranched alkanes of at least 4 members (excludes halogenated alkanes) is 3. The molecule has 3 N–H and O–H groups in total. The first kappa shape index (κ1) is 14.7. The summed E-state index contributed by atoms with van der Waals surface area (Å²) in [6.45, 7) is 1.95. The van der Waals surface area contributed by atoms with Gasteiger partial charge in [0.2, 0.25) is 0 Å². The van der Waals surface area contributed by atoms with Gasteiger partial charge in [0, 0.05) is 18.8 Å². The maximum atomic E-state index is 11.2. The first-order chi connectivity index (χ1) is 8.77. The minimum absolute atomic E-state index is 0.284. The molecule has 0 saturated carbocycles. The first-order valence-corrected chi connectivity index (χ1v) is 6.35. The molecule has 5 nitrogen and oxygen atoms in total. The predicted octanol–water partition coefficient (Wildman–Crippen LogP) is 1.44. The van der Waals surface area contributed by atoms with Crippen LogP contribution in [-0.4, -0.2) is 36.3 Å². The highest BCUT2D eigenvalue weighted by Gasteiger charge is 2.07. The highest BCUT2D eigenvalue weighted by molar-refractivity contribution is 5.87. The minimum Gasteiger partial charge on any atom is -0.464 e. The highest BCUT2D eigenvalue weighted by Crippen LogP contribution is 2.03. The fourth-order valence-corrected chi connectivity index (χ4v) is 1.71. The second-order valence-corrected chi connectivity index (χ2v) is 4.20. The number of carbonyl (C=O) groups is 1. The third kappa shape index (κ3) is 5.33. The average molecular weight is 254 g/mol. The molecule has 5 heteroatoms. The van der Waals surface area contributed by atoms with Crippen LogP contribution in [0.15, 0.2) is 12.1 Å². The first-order valence-electron chi connectivity index (χ1n) is 6.35. The molecule has 1 heterocycles.